The first-order chi connectivity index (χ1) is 15.5. The fourth-order valence-electron chi connectivity index (χ4n) is 3.69. The lowest BCUT2D eigenvalue weighted by Gasteiger charge is -2.45. The second-order valence-corrected chi connectivity index (χ2v) is 12.4. The van der Waals surface area contributed by atoms with Crippen LogP contribution in [0.1, 0.15) is 6.04 Å². The molecule has 19 heteroatoms. The Labute approximate surface area is 195 Å². The van der Waals surface area contributed by atoms with Gasteiger partial charge in [0.1, 0.15) is 42.4 Å². The molecule has 1 saturated carbocycles. The van der Waals surface area contributed by atoms with E-state index in [2.05, 4.69) is 20.3 Å². The number of fused-ring (bicyclic) bond motifs is 1. The summed E-state index contributed by atoms with van der Waals surface area (Å²) in [4.78, 5) is 12.2. The van der Waals surface area contributed by atoms with Crippen LogP contribution in [0.25, 0.3) is 11.2 Å². The second kappa shape index (κ2) is 9.22. The van der Waals surface area contributed by atoms with Gasteiger partial charge in [-0.1, -0.05) is 0 Å². The molecule has 6 atom stereocenters. The summed E-state index contributed by atoms with van der Waals surface area (Å²) in [6, 6.07) is -1.57. The zero-order valence-electron chi connectivity index (χ0n) is 18.2. The Balaban J connectivity index is 2.22. The maximum Gasteiger partial charge on any atom is 0.264 e. The highest BCUT2D eigenvalue weighted by Crippen LogP contribution is 2.38. The van der Waals surface area contributed by atoms with E-state index in [-0.39, 0.29) is 17.0 Å². The van der Waals surface area contributed by atoms with Crippen LogP contribution in [0, 0.1) is 0 Å². The standard InChI is InChI=1S/C15H23N5O11S3/c1-16-14-7-15(18-5-17-14)20(6-19-7)8-9(21)11(29-32(2,23)24)13(31-34(4,27)28)12(10(8)22)30-33(3,25)26/h5-6,8-13,21-22H,1-4H3,(H,16,17,18)/t8?,9-,10+,11-,12+,13?. The summed E-state index contributed by atoms with van der Waals surface area (Å²) in [7, 11) is -11.5. The Morgan fingerprint density at radius 2 is 1.29 bits per heavy atom. The van der Waals surface area contributed by atoms with Gasteiger partial charge < -0.3 is 20.1 Å². The Kier molecular flexibility index (Phi) is 7.22. The van der Waals surface area contributed by atoms with E-state index in [1.807, 2.05) is 0 Å². The van der Waals surface area contributed by atoms with Crippen LogP contribution in [0.2, 0.25) is 0 Å². The maximum atomic E-state index is 11.9. The number of anilines is 1. The van der Waals surface area contributed by atoms with Crippen molar-refractivity contribution in [3.8, 4) is 0 Å². The lowest BCUT2D eigenvalue weighted by molar-refractivity contribution is -0.172. The quantitative estimate of drug-likeness (QED) is 0.284. The van der Waals surface area contributed by atoms with Crippen molar-refractivity contribution in [3.05, 3.63) is 12.7 Å². The third-order valence-electron chi connectivity index (χ3n) is 4.80. The number of hydrogen-bond acceptors (Lipinski definition) is 15. The molecule has 0 spiro atoms. The second-order valence-electron chi connectivity index (χ2n) is 7.56. The summed E-state index contributed by atoms with van der Waals surface area (Å²) < 4.78 is 87.1. The number of hydrogen-bond donors (Lipinski definition) is 3. The van der Waals surface area contributed by atoms with Gasteiger partial charge in [0, 0.05) is 7.05 Å². The number of aromatic nitrogens is 4. The molecular formula is C15H23N5O11S3. The average Bonchev–Trinajstić information content (AvgIpc) is 3.09. The fraction of sp³-hybridized carbons (Fsp3) is 0.667. The first-order valence-corrected chi connectivity index (χ1v) is 14.8. The topological polar surface area (TPSA) is 226 Å². The molecule has 34 heavy (non-hydrogen) atoms. The van der Waals surface area contributed by atoms with Crippen LogP contribution < -0.4 is 5.32 Å². The first-order valence-electron chi connectivity index (χ1n) is 9.38. The van der Waals surface area contributed by atoms with Gasteiger partial charge in [-0.15, -0.1) is 0 Å². The van der Waals surface area contributed by atoms with E-state index < -0.39 is 66.9 Å². The lowest BCUT2D eigenvalue weighted by Crippen LogP contribution is -2.64. The van der Waals surface area contributed by atoms with Gasteiger partial charge in [0.05, 0.1) is 31.1 Å². The SMILES string of the molecule is CNc1ncnc2c1ncn2C1[C@@H](O)[C@@H](OS(C)(=O)=O)C(OS(C)(=O)=O)[C@@H](OS(C)(=O)=O)[C@H]1O. The van der Waals surface area contributed by atoms with Crippen LogP contribution >= 0.6 is 0 Å². The van der Waals surface area contributed by atoms with Crippen LogP contribution in [-0.4, -0.2) is 111 Å². The molecule has 0 aromatic carbocycles. The van der Waals surface area contributed by atoms with Crippen LogP contribution in [0.5, 0.6) is 0 Å². The molecule has 0 bridgehead atoms. The summed E-state index contributed by atoms with van der Waals surface area (Å²) in [6.45, 7) is 0. The molecule has 16 nitrogen and oxygen atoms in total. The molecule has 3 N–H and O–H groups in total. The van der Waals surface area contributed by atoms with Crippen molar-refractivity contribution in [3.63, 3.8) is 0 Å². The van der Waals surface area contributed by atoms with E-state index in [1.54, 1.807) is 7.05 Å². The monoisotopic (exact) mass is 545 g/mol. The van der Waals surface area contributed by atoms with Gasteiger partial charge in [-0.2, -0.15) is 25.3 Å². The number of rotatable bonds is 8. The molecule has 2 aromatic rings. The minimum atomic E-state index is -4.38. The maximum absolute atomic E-state index is 11.9. The number of aliphatic hydroxyl groups excluding tert-OH is 2. The van der Waals surface area contributed by atoms with Crippen LogP contribution in [0.15, 0.2) is 12.7 Å². The van der Waals surface area contributed by atoms with Gasteiger partial charge in [0.15, 0.2) is 11.5 Å². The average molecular weight is 546 g/mol. The van der Waals surface area contributed by atoms with E-state index in [9.17, 15) is 35.5 Å². The van der Waals surface area contributed by atoms with Crippen molar-refractivity contribution in [1.82, 2.24) is 19.5 Å². The highest BCUT2D eigenvalue weighted by Gasteiger charge is 2.56. The molecule has 3 rings (SSSR count). The predicted octanol–water partition coefficient (Wildman–Crippen LogP) is -2.82. The van der Waals surface area contributed by atoms with Crippen LogP contribution in [-0.2, 0) is 42.9 Å². The van der Waals surface area contributed by atoms with Crippen molar-refractivity contribution >= 4 is 47.3 Å². The Hall–Kier alpha value is -2.00. The molecule has 192 valence electrons. The molecule has 2 heterocycles. The van der Waals surface area contributed by atoms with Crippen molar-refractivity contribution in [2.24, 2.45) is 0 Å². The fourth-order valence-corrected chi connectivity index (χ4v) is 5.56. The third-order valence-corrected chi connectivity index (χ3v) is 6.51. The largest absolute Gasteiger partial charge is 0.388 e. The van der Waals surface area contributed by atoms with Gasteiger partial charge in [0.2, 0.25) is 0 Å². The van der Waals surface area contributed by atoms with E-state index in [4.69, 9.17) is 12.5 Å². The van der Waals surface area contributed by atoms with Gasteiger partial charge in [-0.05, 0) is 0 Å². The van der Waals surface area contributed by atoms with Gasteiger partial charge in [-0.3, -0.25) is 12.5 Å². The van der Waals surface area contributed by atoms with E-state index in [0.717, 1.165) is 17.2 Å². The number of imidazole rings is 1. The summed E-state index contributed by atoms with van der Waals surface area (Å²) in [5.74, 6) is 0.287. The zero-order chi connectivity index (χ0) is 25.6. The van der Waals surface area contributed by atoms with Gasteiger partial charge in [-0.25, -0.2) is 15.0 Å². The van der Waals surface area contributed by atoms with Gasteiger partial charge >= 0.3 is 0 Å². The molecule has 0 saturated heterocycles. The van der Waals surface area contributed by atoms with Crippen LogP contribution in [0.4, 0.5) is 5.82 Å². The summed E-state index contributed by atoms with van der Waals surface area (Å²) in [5.41, 5.74) is 0.279. The number of nitrogens with zero attached hydrogens (tertiary/aromatic N) is 4. The summed E-state index contributed by atoms with van der Waals surface area (Å²) >= 11 is 0. The molecule has 1 aliphatic rings. The number of aliphatic hydroxyl groups is 2. The van der Waals surface area contributed by atoms with Crippen molar-refractivity contribution in [1.29, 1.82) is 0 Å². The Morgan fingerprint density at radius 1 is 0.824 bits per heavy atom. The third kappa shape index (κ3) is 5.79. The van der Waals surface area contributed by atoms with Crippen molar-refractivity contribution < 1.29 is 48.0 Å². The number of nitrogens with one attached hydrogen (secondary N) is 1. The molecular weight excluding hydrogens is 522 g/mol. The summed E-state index contributed by atoms with van der Waals surface area (Å²) in [5, 5.41) is 24.9. The minimum Gasteiger partial charge on any atom is -0.388 e. The van der Waals surface area contributed by atoms with E-state index >= 15 is 0 Å². The zero-order valence-corrected chi connectivity index (χ0v) is 20.7. The van der Waals surface area contributed by atoms with Crippen molar-refractivity contribution in [2.45, 2.75) is 36.6 Å². The molecule has 0 radical (unpaired) electrons. The first kappa shape index (κ1) is 26.6. The van der Waals surface area contributed by atoms with Crippen molar-refractivity contribution in [2.75, 3.05) is 31.1 Å². The van der Waals surface area contributed by atoms with E-state index in [0.29, 0.717) is 18.8 Å². The molecule has 0 aliphatic heterocycles. The highest BCUT2D eigenvalue weighted by molar-refractivity contribution is 7.86. The van der Waals surface area contributed by atoms with Crippen LogP contribution in [0.3, 0.4) is 0 Å². The highest BCUT2D eigenvalue weighted by atomic mass is 32.2. The minimum absolute atomic E-state index is 0.0705. The Morgan fingerprint density at radius 3 is 1.74 bits per heavy atom. The molecule has 2 aromatic heterocycles. The van der Waals surface area contributed by atoms with Gasteiger partial charge in [0.25, 0.3) is 30.4 Å². The smallest absolute Gasteiger partial charge is 0.264 e. The summed E-state index contributed by atoms with van der Waals surface area (Å²) in [6.07, 6.45) is -5.90. The molecule has 1 fully saturated rings. The normalized spacial score (nSPS) is 28.8. The lowest BCUT2D eigenvalue weighted by atomic mass is 9.83. The van der Waals surface area contributed by atoms with E-state index in [1.165, 1.54) is 0 Å². The Bertz CT molecular complexity index is 1330. The molecule has 0 amide bonds. The predicted molar refractivity (Wildman–Crippen MR) is 115 cm³/mol. The molecule has 1 aliphatic carbocycles. The molecule has 2 unspecified atom stereocenters.